The number of ether oxygens (including phenoxy) is 1. The molecule has 1 unspecified atom stereocenters. The molecule has 0 radical (unpaired) electrons. The molecule has 0 aromatic carbocycles. The van der Waals surface area contributed by atoms with Crippen molar-refractivity contribution < 1.29 is 13.5 Å². The van der Waals surface area contributed by atoms with Gasteiger partial charge in [0, 0.05) is 25.7 Å². The Morgan fingerprint density at radius 3 is 2.39 bits per heavy atom. The Balaban J connectivity index is 0.000000771. The second-order valence-corrected chi connectivity index (χ2v) is 5.11. The Bertz CT molecular complexity index is 241. The first-order valence-corrected chi connectivity index (χ1v) is 6.92. The minimum atomic E-state index is -2.47. The lowest BCUT2D eigenvalue weighted by molar-refractivity contribution is -0.150. The second-order valence-electron chi connectivity index (χ2n) is 5.11. The van der Waals surface area contributed by atoms with Crippen LogP contribution in [-0.2, 0) is 4.74 Å². The molecule has 18 heavy (non-hydrogen) atoms. The maximum absolute atomic E-state index is 12.7. The number of alkyl halides is 2. The van der Waals surface area contributed by atoms with E-state index in [1.807, 2.05) is 13.8 Å². The fraction of sp³-hybridized carbons (Fsp3) is 1.00. The highest BCUT2D eigenvalue weighted by atomic mass is 19.3. The number of likely N-dealkylation sites (tertiary alicyclic amines) is 1. The molecule has 0 bridgehead atoms. The summed E-state index contributed by atoms with van der Waals surface area (Å²) in [7, 11) is 0. The topological polar surface area (TPSA) is 15.7 Å². The first kappa shape index (κ1) is 15.8. The summed E-state index contributed by atoms with van der Waals surface area (Å²) in [5.74, 6) is -2.47. The van der Waals surface area contributed by atoms with Crippen LogP contribution >= 0.6 is 0 Å². The molecule has 2 saturated heterocycles. The van der Waals surface area contributed by atoms with Crippen molar-refractivity contribution in [3.63, 3.8) is 0 Å². The minimum Gasteiger partial charge on any atom is -0.374 e. The zero-order valence-corrected chi connectivity index (χ0v) is 12.0. The van der Waals surface area contributed by atoms with E-state index in [0.29, 0.717) is 19.2 Å². The van der Waals surface area contributed by atoms with E-state index in [1.165, 1.54) is 0 Å². The van der Waals surface area contributed by atoms with Crippen LogP contribution in [0.5, 0.6) is 0 Å². The zero-order chi connectivity index (χ0) is 13.8. The van der Waals surface area contributed by atoms with E-state index < -0.39 is 5.92 Å². The van der Waals surface area contributed by atoms with Crippen molar-refractivity contribution >= 4 is 0 Å². The summed E-state index contributed by atoms with van der Waals surface area (Å²) >= 11 is 0. The Hall–Kier alpha value is -0.260. The first-order valence-electron chi connectivity index (χ1n) is 6.92. The summed E-state index contributed by atoms with van der Waals surface area (Å²) in [6.07, 6.45) is 0.0900. The third kappa shape index (κ3) is 4.44. The van der Waals surface area contributed by atoms with Gasteiger partial charge in [0.25, 0.3) is 5.92 Å². The van der Waals surface area contributed by atoms with Crippen LogP contribution in [0, 0.1) is 0 Å². The van der Waals surface area contributed by atoms with Gasteiger partial charge in [0.2, 0.25) is 0 Å². The number of nitrogens with zero attached hydrogens (tertiary/aromatic N) is 2. The van der Waals surface area contributed by atoms with Crippen LogP contribution in [0.4, 0.5) is 8.78 Å². The minimum absolute atomic E-state index is 0.0900. The van der Waals surface area contributed by atoms with Crippen LogP contribution in [0.1, 0.15) is 27.7 Å². The smallest absolute Gasteiger partial charge is 0.272 e. The van der Waals surface area contributed by atoms with Crippen molar-refractivity contribution in [3.8, 4) is 0 Å². The van der Waals surface area contributed by atoms with Gasteiger partial charge in [0.15, 0.2) is 0 Å². The lowest BCUT2D eigenvalue weighted by atomic mass is 10.1. The second kappa shape index (κ2) is 6.78. The molecular weight excluding hydrogens is 238 g/mol. The third-order valence-electron chi connectivity index (χ3n) is 3.27. The van der Waals surface area contributed by atoms with Crippen LogP contribution in [0.25, 0.3) is 0 Å². The number of hydrogen-bond acceptors (Lipinski definition) is 3. The number of hydrogen-bond donors (Lipinski definition) is 0. The van der Waals surface area contributed by atoms with Crippen LogP contribution < -0.4 is 0 Å². The molecule has 0 aromatic heterocycles. The Morgan fingerprint density at radius 2 is 1.89 bits per heavy atom. The van der Waals surface area contributed by atoms with Crippen molar-refractivity contribution in [1.82, 2.24) is 9.80 Å². The van der Waals surface area contributed by atoms with Crippen molar-refractivity contribution in [1.29, 1.82) is 0 Å². The number of morpholine rings is 1. The van der Waals surface area contributed by atoms with E-state index in [-0.39, 0.29) is 19.2 Å². The van der Waals surface area contributed by atoms with Gasteiger partial charge in [0.1, 0.15) is 0 Å². The SMILES string of the molecule is CC.CC(C)N1CCOC(CN2CC(F)(F)C2)C1. The van der Waals surface area contributed by atoms with Gasteiger partial charge < -0.3 is 4.74 Å². The summed E-state index contributed by atoms with van der Waals surface area (Å²) in [6, 6.07) is 0.504. The van der Waals surface area contributed by atoms with E-state index in [1.54, 1.807) is 4.90 Å². The van der Waals surface area contributed by atoms with Crippen LogP contribution in [0.3, 0.4) is 0 Å². The normalized spacial score (nSPS) is 28.5. The van der Waals surface area contributed by atoms with Gasteiger partial charge in [0.05, 0.1) is 25.8 Å². The van der Waals surface area contributed by atoms with Crippen LogP contribution in [-0.4, -0.2) is 67.2 Å². The van der Waals surface area contributed by atoms with Crippen molar-refractivity contribution in [3.05, 3.63) is 0 Å². The molecular formula is C13H26F2N2O. The van der Waals surface area contributed by atoms with Crippen molar-refractivity contribution in [2.75, 3.05) is 39.3 Å². The van der Waals surface area contributed by atoms with Gasteiger partial charge in [-0.05, 0) is 13.8 Å². The van der Waals surface area contributed by atoms with E-state index >= 15 is 0 Å². The maximum Gasteiger partial charge on any atom is 0.272 e. The van der Waals surface area contributed by atoms with Crippen molar-refractivity contribution in [2.45, 2.75) is 45.8 Å². The fourth-order valence-electron chi connectivity index (χ4n) is 2.35. The highest BCUT2D eigenvalue weighted by Gasteiger charge is 2.44. The maximum atomic E-state index is 12.7. The van der Waals surface area contributed by atoms with Crippen LogP contribution in [0.2, 0.25) is 0 Å². The van der Waals surface area contributed by atoms with Gasteiger partial charge in [-0.3, -0.25) is 9.80 Å². The molecule has 2 fully saturated rings. The number of rotatable bonds is 3. The fourth-order valence-corrected chi connectivity index (χ4v) is 2.35. The molecule has 0 aromatic rings. The van der Waals surface area contributed by atoms with Crippen molar-refractivity contribution in [2.24, 2.45) is 0 Å². The van der Waals surface area contributed by atoms with Crippen LogP contribution in [0.15, 0.2) is 0 Å². The molecule has 0 spiro atoms. The summed E-state index contributed by atoms with van der Waals surface area (Å²) in [4.78, 5) is 4.11. The molecule has 0 N–H and O–H groups in total. The Morgan fingerprint density at radius 1 is 1.28 bits per heavy atom. The predicted octanol–water partition coefficient (Wildman–Crippen LogP) is 2.07. The molecule has 2 rings (SSSR count). The summed E-state index contributed by atoms with van der Waals surface area (Å²) in [5, 5.41) is 0. The first-order chi connectivity index (χ1) is 8.46. The highest BCUT2D eigenvalue weighted by molar-refractivity contribution is 4.89. The molecule has 108 valence electrons. The standard InChI is InChI=1S/C11H20F2N2O.C2H6/c1-9(2)15-3-4-16-10(6-15)5-14-7-11(12,13)8-14;1-2/h9-10H,3-8H2,1-2H3;1-2H3. The molecule has 0 aliphatic carbocycles. The molecule has 2 aliphatic heterocycles. The summed E-state index contributed by atoms with van der Waals surface area (Å²) in [5.41, 5.74) is 0. The Kier molecular flexibility index (Phi) is 5.95. The number of halogens is 2. The van der Waals surface area contributed by atoms with Gasteiger partial charge in [-0.1, -0.05) is 13.8 Å². The van der Waals surface area contributed by atoms with E-state index in [9.17, 15) is 8.78 Å². The predicted molar refractivity (Wildman–Crippen MR) is 69.2 cm³/mol. The van der Waals surface area contributed by atoms with Gasteiger partial charge in [-0.15, -0.1) is 0 Å². The molecule has 2 aliphatic rings. The monoisotopic (exact) mass is 264 g/mol. The van der Waals surface area contributed by atoms with Gasteiger partial charge in [-0.25, -0.2) is 8.78 Å². The molecule has 0 amide bonds. The average molecular weight is 264 g/mol. The molecule has 0 saturated carbocycles. The lowest BCUT2D eigenvalue weighted by Gasteiger charge is -2.43. The van der Waals surface area contributed by atoms with E-state index in [0.717, 1.165) is 13.1 Å². The summed E-state index contributed by atoms with van der Waals surface area (Å²) in [6.45, 7) is 11.3. The Labute approximate surface area is 109 Å². The molecule has 2 heterocycles. The van der Waals surface area contributed by atoms with E-state index in [2.05, 4.69) is 18.7 Å². The zero-order valence-electron chi connectivity index (χ0n) is 12.0. The largest absolute Gasteiger partial charge is 0.374 e. The van der Waals surface area contributed by atoms with Gasteiger partial charge in [-0.2, -0.15) is 0 Å². The lowest BCUT2D eigenvalue weighted by Crippen LogP contribution is -2.60. The molecule has 5 heteroatoms. The quantitative estimate of drug-likeness (QED) is 0.776. The summed E-state index contributed by atoms with van der Waals surface area (Å²) < 4.78 is 30.9. The van der Waals surface area contributed by atoms with Gasteiger partial charge >= 0.3 is 0 Å². The third-order valence-corrected chi connectivity index (χ3v) is 3.27. The highest BCUT2D eigenvalue weighted by Crippen LogP contribution is 2.27. The molecule has 1 atom stereocenters. The average Bonchev–Trinajstić information content (AvgIpc) is 2.29. The molecule has 3 nitrogen and oxygen atoms in total. The van der Waals surface area contributed by atoms with E-state index in [4.69, 9.17) is 4.74 Å².